The summed E-state index contributed by atoms with van der Waals surface area (Å²) >= 11 is 0. The van der Waals surface area contributed by atoms with Gasteiger partial charge in [-0.05, 0) is 0 Å². The summed E-state index contributed by atoms with van der Waals surface area (Å²) in [6.07, 6.45) is -25.4. The Morgan fingerprint density at radius 1 is 0.275 bits per heavy atom. The molecule has 0 radical (unpaired) electrons. The Hall–Kier alpha value is -3.90. The van der Waals surface area contributed by atoms with Crippen LogP contribution >= 0.6 is 0 Å². The Morgan fingerprint density at radius 2 is 0.300 bits per heavy atom. The molecule has 30 heteroatoms. The fraction of sp³-hybridized carbons (Fsp3) is 0.500. The van der Waals surface area contributed by atoms with Crippen LogP contribution in [0.2, 0.25) is 0 Å². The van der Waals surface area contributed by atoms with Gasteiger partial charge < -0.3 is 56.3 Å². The fourth-order valence-corrected chi connectivity index (χ4v) is 0. The number of alkyl halides is 15. The molecule has 0 saturated carbocycles. The number of carbonyl (C=O) groups is 5. The van der Waals surface area contributed by atoms with Crippen molar-refractivity contribution in [3.63, 3.8) is 0 Å². The summed E-state index contributed by atoms with van der Waals surface area (Å²) < 4.78 is 159. The van der Waals surface area contributed by atoms with Crippen LogP contribution in [-0.4, -0.2) is 86.3 Å². The molecule has 0 aliphatic carbocycles. The molecule has 15 nitrogen and oxygen atoms in total. The zero-order valence-electron chi connectivity index (χ0n) is 18.5. The Bertz CT molecular complexity index is 578. The van der Waals surface area contributed by atoms with Gasteiger partial charge in [0.05, 0.1) is 0 Å². The third-order valence-electron chi connectivity index (χ3n) is 1.21. The van der Waals surface area contributed by atoms with Gasteiger partial charge in [-0.2, -0.15) is 65.9 Å². The van der Waals surface area contributed by atoms with Gasteiger partial charge in [-0.25, -0.2) is 24.0 Å². The first-order chi connectivity index (χ1) is 14.7. The number of halogens is 15. The average Bonchev–Trinajstić information content (AvgIpc) is 2.52. The third kappa shape index (κ3) is 54.8. The van der Waals surface area contributed by atoms with E-state index in [1.807, 2.05) is 0 Å². The summed E-state index contributed by atoms with van der Waals surface area (Å²) in [5, 5.41) is 35.6. The van der Waals surface area contributed by atoms with Crippen LogP contribution in [0.4, 0.5) is 65.9 Å². The molecule has 0 unspecified atom stereocenters. The minimum Gasteiger partial charge on any atom is -0.475 e. The van der Waals surface area contributed by atoms with Crippen LogP contribution in [-0.2, 0) is 24.0 Å². The van der Waals surface area contributed by atoms with Crippen LogP contribution in [0.25, 0.3) is 0 Å². The van der Waals surface area contributed by atoms with Gasteiger partial charge in [-0.1, -0.05) is 0 Å². The molecule has 0 aromatic rings. The highest BCUT2D eigenvalue weighted by Gasteiger charge is 2.40. The molecular weight excluding hydrogens is 635 g/mol. The van der Waals surface area contributed by atoms with Gasteiger partial charge in [-0.3, -0.25) is 0 Å². The molecule has 0 bridgehead atoms. The van der Waals surface area contributed by atoms with Gasteiger partial charge in [0.25, 0.3) is 0 Å². The Labute approximate surface area is 208 Å². The lowest BCUT2D eigenvalue weighted by molar-refractivity contribution is -0.193. The molecule has 0 fully saturated rings. The number of hydrogen-bond donors (Lipinski definition) is 10. The van der Waals surface area contributed by atoms with Crippen LogP contribution in [0.5, 0.6) is 0 Å². The van der Waals surface area contributed by atoms with Gasteiger partial charge in [-0.15, -0.1) is 0 Å². The molecule has 0 spiro atoms. The highest BCUT2D eigenvalue weighted by molar-refractivity contribution is 5.74. The maximum absolute atomic E-state index is 10.6. The summed E-state index contributed by atoms with van der Waals surface area (Å²) in [4.78, 5) is 44.5. The monoisotopic (exact) mass is 655 g/mol. The van der Waals surface area contributed by atoms with Crippen molar-refractivity contribution in [2.75, 3.05) is 0 Å². The van der Waals surface area contributed by atoms with Crippen molar-refractivity contribution in [1.29, 1.82) is 0 Å². The summed E-state index contributed by atoms with van der Waals surface area (Å²) in [6.45, 7) is 0. The lowest BCUT2D eigenvalue weighted by atomic mass is 10.7. The molecule has 40 heavy (non-hydrogen) atoms. The number of carboxylic acids is 5. The van der Waals surface area contributed by atoms with E-state index in [4.69, 9.17) is 49.5 Å². The van der Waals surface area contributed by atoms with E-state index in [-0.39, 0.29) is 30.8 Å². The molecule has 0 heterocycles. The van der Waals surface area contributed by atoms with Gasteiger partial charge >= 0.3 is 60.7 Å². The van der Waals surface area contributed by atoms with Gasteiger partial charge in [0, 0.05) is 0 Å². The number of rotatable bonds is 0. The highest BCUT2D eigenvalue weighted by Crippen LogP contribution is 2.15. The van der Waals surface area contributed by atoms with E-state index in [0.29, 0.717) is 0 Å². The first kappa shape index (κ1) is 65.3. The molecule has 0 saturated heterocycles. The molecule has 0 aliphatic heterocycles. The van der Waals surface area contributed by atoms with Crippen molar-refractivity contribution >= 4 is 29.8 Å². The second-order valence-corrected chi connectivity index (χ2v) is 4.01. The maximum atomic E-state index is 10.6. The van der Waals surface area contributed by atoms with Crippen LogP contribution in [0.15, 0.2) is 0 Å². The van der Waals surface area contributed by atoms with E-state index < -0.39 is 60.7 Å². The van der Waals surface area contributed by atoms with Gasteiger partial charge in [0.2, 0.25) is 0 Å². The fourth-order valence-electron chi connectivity index (χ4n) is 0. The third-order valence-corrected chi connectivity index (χ3v) is 1.21. The average molecular weight is 655 g/mol. The molecule has 20 N–H and O–H groups in total. The van der Waals surface area contributed by atoms with Crippen LogP contribution in [0, 0.1) is 0 Å². The molecular formula is C10H20F15N5O10. The maximum Gasteiger partial charge on any atom is 0.490 e. The quantitative estimate of drug-likeness (QED) is 0.165. The van der Waals surface area contributed by atoms with Gasteiger partial charge in [0.15, 0.2) is 0 Å². The summed E-state index contributed by atoms with van der Waals surface area (Å²) in [5.41, 5.74) is 0. The summed E-state index contributed by atoms with van der Waals surface area (Å²) in [5.74, 6) is -13.8. The standard InChI is InChI=1S/5C2HF3O2.5H3N/c5*3-2(4,5)1(6)7;;;;;/h5*(H,6,7);5*1H3. The molecule has 0 rings (SSSR count). The normalized spacial score (nSPS) is 9.88. The number of carboxylic acid groups (broad SMARTS) is 5. The summed E-state index contributed by atoms with van der Waals surface area (Å²) in [7, 11) is 0. The highest BCUT2D eigenvalue weighted by atomic mass is 19.4. The topological polar surface area (TPSA) is 362 Å². The smallest absolute Gasteiger partial charge is 0.475 e. The largest absolute Gasteiger partial charge is 0.490 e. The lowest BCUT2D eigenvalue weighted by Gasteiger charge is -1.93. The SMILES string of the molecule is N.N.N.N.N.O=C(O)C(F)(F)F.O=C(O)C(F)(F)F.O=C(O)C(F)(F)F.O=C(O)C(F)(F)F.O=C(O)C(F)(F)F. The lowest BCUT2D eigenvalue weighted by Crippen LogP contribution is -2.21. The summed E-state index contributed by atoms with van der Waals surface area (Å²) in [6, 6.07) is 0. The van der Waals surface area contributed by atoms with Crippen LogP contribution in [0.1, 0.15) is 0 Å². The molecule has 250 valence electrons. The predicted molar refractivity (Wildman–Crippen MR) is 93.6 cm³/mol. The Morgan fingerprint density at radius 3 is 0.300 bits per heavy atom. The van der Waals surface area contributed by atoms with Crippen molar-refractivity contribution in [1.82, 2.24) is 30.8 Å². The van der Waals surface area contributed by atoms with Crippen molar-refractivity contribution in [3.05, 3.63) is 0 Å². The first-order valence-electron chi connectivity index (χ1n) is 6.22. The second-order valence-electron chi connectivity index (χ2n) is 4.01. The molecule has 0 aliphatic rings. The van der Waals surface area contributed by atoms with Crippen molar-refractivity contribution in [2.24, 2.45) is 0 Å². The van der Waals surface area contributed by atoms with E-state index in [1.54, 1.807) is 0 Å². The van der Waals surface area contributed by atoms with Crippen molar-refractivity contribution in [3.8, 4) is 0 Å². The van der Waals surface area contributed by atoms with Crippen LogP contribution < -0.4 is 30.8 Å². The molecule has 0 aromatic carbocycles. The Kier molecular flexibility index (Phi) is 39.4. The second kappa shape index (κ2) is 24.2. The van der Waals surface area contributed by atoms with E-state index in [9.17, 15) is 65.9 Å². The van der Waals surface area contributed by atoms with Gasteiger partial charge in [0.1, 0.15) is 0 Å². The molecule has 0 aromatic heterocycles. The number of hydrogen-bond acceptors (Lipinski definition) is 10. The Balaban J connectivity index is -0.0000000341. The van der Waals surface area contributed by atoms with E-state index in [0.717, 1.165) is 0 Å². The zero-order chi connectivity index (χ0) is 30.4. The first-order valence-corrected chi connectivity index (χ1v) is 6.22. The minimum absolute atomic E-state index is 0. The molecule has 0 atom stereocenters. The van der Waals surface area contributed by atoms with E-state index >= 15 is 0 Å². The zero-order valence-corrected chi connectivity index (χ0v) is 18.5. The van der Waals surface area contributed by atoms with Crippen molar-refractivity contribution < 1.29 is 115 Å². The van der Waals surface area contributed by atoms with Crippen molar-refractivity contribution in [2.45, 2.75) is 30.9 Å². The van der Waals surface area contributed by atoms with E-state index in [1.165, 1.54) is 0 Å². The van der Waals surface area contributed by atoms with Crippen LogP contribution in [0.3, 0.4) is 0 Å². The predicted octanol–water partition coefficient (Wildman–Crippen LogP) is 3.98. The minimum atomic E-state index is -5.08. The molecule has 0 amide bonds. The number of aliphatic carboxylic acids is 5. The van der Waals surface area contributed by atoms with E-state index in [2.05, 4.69) is 0 Å².